The Labute approximate surface area is 202 Å². The molecule has 178 valence electrons. The highest BCUT2D eigenvalue weighted by atomic mass is 32.1. The summed E-state index contributed by atoms with van der Waals surface area (Å²) in [5.41, 5.74) is 3.21. The number of carbonyl (C=O) groups is 1. The molecule has 3 heterocycles. The molecule has 0 saturated carbocycles. The molecule has 0 aliphatic heterocycles. The van der Waals surface area contributed by atoms with Crippen LogP contribution in [0.25, 0.3) is 21.1 Å². The van der Waals surface area contributed by atoms with Crippen LogP contribution in [0.15, 0.2) is 30.7 Å². The van der Waals surface area contributed by atoms with Gasteiger partial charge in [0.15, 0.2) is 0 Å². The van der Waals surface area contributed by atoms with E-state index in [4.69, 9.17) is 4.74 Å². The van der Waals surface area contributed by atoms with Crippen LogP contribution >= 0.6 is 11.3 Å². The van der Waals surface area contributed by atoms with Crippen LogP contribution in [0.1, 0.15) is 23.3 Å². The summed E-state index contributed by atoms with van der Waals surface area (Å²) in [6, 6.07) is 6.07. The van der Waals surface area contributed by atoms with Crippen LogP contribution in [0.5, 0.6) is 0 Å². The maximum atomic E-state index is 12.6. The number of nitrogens with one attached hydrogen (secondary N) is 2. The number of nitrogens with zero attached hydrogens (tertiary/aromatic N) is 5. The van der Waals surface area contributed by atoms with E-state index < -0.39 is 0 Å². The van der Waals surface area contributed by atoms with Crippen molar-refractivity contribution in [2.75, 3.05) is 39.5 Å². The van der Waals surface area contributed by atoms with Gasteiger partial charge in [0.2, 0.25) is 0 Å². The van der Waals surface area contributed by atoms with Gasteiger partial charge >= 0.3 is 6.09 Å². The van der Waals surface area contributed by atoms with Gasteiger partial charge in [0.05, 0.1) is 17.1 Å². The first-order valence-corrected chi connectivity index (χ1v) is 12.3. The Kier molecular flexibility index (Phi) is 6.34. The number of fused-ring (bicyclic) bond motifs is 4. The van der Waals surface area contributed by atoms with Crippen molar-refractivity contribution in [2.24, 2.45) is 0 Å². The fraction of sp³-hybridized carbons (Fsp3) is 0.417. The van der Waals surface area contributed by atoms with Crippen molar-refractivity contribution in [2.45, 2.75) is 31.8 Å². The summed E-state index contributed by atoms with van der Waals surface area (Å²) in [5.74, 6) is 0.807. The Hall–Kier alpha value is -3.24. The van der Waals surface area contributed by atoms with Gasteiger partial charge in [-0.2, -0.15) is 5.10 Å². The minimum Gasteiger partial charge on any atom is -0.446 e. The van der Waals surface area contributed by atoms with Gasteiger partial charge in [0, 0.05) is 36.0 Å². The summed E-state index contributed by atoms with van der Waals surface area (Å²) >= 11 is 1.67. The van der Waals surface area contributed by atoms with Gasteiger partial charge in [-0.05, 0) is 63.7 Å². The molecule has 9 nitrogen and oxygen atoms in total. The zero-order valence-electron chi connectivity index (χ0n) is 19.7. The Morgan fingerprint density at radius 3 is 3.00 bits per heavy atom. The van der Waals surface area contributed by atoms with Gasteiger partial charge in [-0.15, -0.1) is 11.3 Å². The number of thiophene rings is 1. The molecule has 34 heavy (non-hydrogen) atoms. The van der Waals surface area contributed by atoms with Crippen LogP contribution < -0.4 is 5.32 Å². The van der Waals surface area contributed by atoms with Gasteiger partial charge in [0.25, 0.3) is 0 Å². The maximum Gasteiger partial charge on any atom is 0.409 e. The maximum absolute atomic E-state index is 12.6. The predicted octanol–water partition coefficient (Wildman–Crippen LogP) is 4.19. The number of aromatic nitrogens is 4. The van der Waals surface area contributed by atoms with Gasteiger partial charge in [-0.25, -0.2) is 14.8 Å². The van der Waals surface area contributed by atoms with Gasteiger partial charge in [-0.1, -0.05) is 0 Å². The molecule has 1 aliphatic carbocycles. The van der Waals surface area contributed by atoms with Crippen molar-refractivity contribution in [1.82, 2.24) is 30.0 Å². The van der Waals surface area contributed by atoms with E-state index in [0.717, 1.165) is 58.4 Å². The van der Waals surface area contributed by atoms with Crippen LogP contribution in [-0.4, -0.2) is 76.4 Å². The molecule has 1 unspecified atom stereocenters. The molecule has 1 amide bonds. The number of H-pyrrole nitrogens is 1. The van der Waals surface area contributed by atoms with Gasteiger partial charge in [0.1, 0.15) is 23.1 Å². The number of rotatable bonds is 7. The summed E-state index contributed by atoms with van der Waals surface area (Å²) in [7, 11) is 5.87. The first-order valence-electron chi connectivity index (χ1n) is 11.5. The third kappa shape index (κ3) is 4.69. The molecule has 0 spiro atoms. The molecular formula is C24H29N7O2S. The number of amides is 1. The normalized spacial score (nSPS) is 15.6. The van der Waals surface area contributed by atoms with Crippen molar-refractivity contribution >= 4 is 50.1 Å². The van der Waals surface area contributed by atoms with E-state index in [2.05, 4.69) is 36.4 Å². The lowest BCUT2D eigenvalue weighted by molar-refractivity contribution is 0.0626. The van der Waals surface area contributed by atoms with Crippen molar-refractivity contribution in [3.63, 3.8) is 0 Å². The molecule has 0 bridgehead atoms. The van der Waals surface area contributed by atoms with Crippen molar-refractivity contribution in [3.8, 4) is 0 Å². The molecule has 1 aromatic carbocycles. The summed E-state index contributed by atoms with van der Waals surface area (Å²) in [6.45, 7) is 1.63. The lowest BCUT2D eigenvalue weighted by Crippen LogP contribution is -2.34. The van der Waals surface area contributed by atoms with Gasteiger partial charge < -0.3 is 19.9 Å². The first-order chi connectivity index (χ1) is 16.5. The molecule has 0 radical (unpaired) electrons. The molecule has 0 saturated heterocycles. The minimum absolute atomic E-state index is 0.114. The van der Waals surface area contributed by atoms with Gasteiger partial charge in [-0.3, -0.25) is 5.10 Å². The highest BCUT2D eigenvalue weighted by Crippen LogP contribution is 2.39. The van der Waals surface area contributed by atoms with Crippen molar-refractivity contribution < 1.29 is 9.53 Å². The first kappa shape index (κ1) is 22.5. The number of benzene rings is 1. The molecule has 3 aromatic heterocycles. The topological polar surface area (TPSA) is 99.3 Å². The smallest absolute Gasteiger partial charge is 0.409 e. The lowest BCUT2D eigenvalue weighted by Gasteiger charge is -2.26. The Morgan fingerprint density at radius 2 is 2.15 bits per heavy atom. The van der Waals surface area contributed by atoms with E-state index in [-0.39, 0.29) is 12.2 Å². The molecular weight excluding hydrogens is 450 g/mol. The number of ether oxygens (including phenoxy) is 1. The Bertz CT molecular complexity index is 1320. The van der Waals surface area contributed by atoms with Crippen LogP contribution in [-0.2, 0) is 17.6 Å². The van der Waals surface area contributed by atoms with E-state index in [1.807, 2.05) is 32.4 Å². The average molecular weight is 480 g/mol. The average Bonchev–Trinajstić information content (AvgIpc) is 3.42. The van der Waals surface area contributed by atoms with E-state index in [1.54, 1.807) is 29.6 Å². The molecule has 4 aromatic rings. The minimum atomic E-state index is -0.245. The molecule has 2 N–H and O–H groups in total. The Morgan fingerprint density at radius 1 is 1.26 bits per heavy atom. The molecule has 0 fully saturated rings. The van der Waals surface area contributed by atoms with E-state index in [9.17, 15) is 4.79 Å². The Balaban J connectivity index is 1.30. The molecule has 1 aliphatic rings. The second-order valence-electron chi connectivity index (χ2n) is 9.03. The van der Waals surface area contributed by atoms with Crippen molar-refractivity contribution in [3.05, 3.63) is 41.2 Å². The standard InChI is InChI=1S/C24H29N7O2S/c1-30(2)9-4-10-31(3)24(32)33-17-6-7-18-20(12-17)34-23-21(18)22(25-14-26-23)28-16-5-8-19-15(11-16)13-27-29-19/h5,8,11,13-14,17H,4,6-7,9-10,12H2,1-3H3,(H,27,29)(H,25,26,28). The summed E-state index contributed by atoms with van der Waals surface area (Å²) in [5, 5.41) is 12.6. The number of hydrogen-bond acceptors (Lipinski definition) is 8. The third-order valence-corrected chi connectivity index (χ3v) is 7.34. The predicted molar refractivity (Wildman–Crippen MR) is 135 cm³/mol. The summed E-state index contributed by atoms with van der Waals surface area (Å²) in [4.78, 5) is 27.6. The number of aryl methyl sites for hydroxylation is 1. The number of hydrogen-bond donors (Lipinski definition) is 2. The number of carbonyl (C=O) groups excluding carboxylic acids is 1. The van der Waals surface area contributed by atoms with E-state index >= 15 is 0 Å². The second kappa shape index (κ2) is 9.55. The number of aromatic amines is 1. The van der Waals surface area contributed by atoms with Crippen LogP contribution in [0.3, 0.4) is 0 Å². The number of anilines is 2. The highest BCUT2D eigenvalue weighted by molar-refractivity contribution is 7.19. The van der Waals surface area contributed by atoms with E-state index in [1.165, 1.54) is 10.4 Å². The highest BCUT2D eigenvalue weighted by Gasteiger charge is 2.28. The van der Waals surface area contributed by atoms with E-state index in [0.29, 0.717) is 13.0 Å². The fourth-order valence-corrected chi connectivity index (χ4v) is 5.63. The zero-order valence-corrected chi connectivity index (χ0v) is 20.5. The zero-order chi connectivity index (χ0) is 23.7. The fourth-order valence-electron chi connectivity index (χ4n) is 4.38. The monoisotopic (exact) mass is 479 g/mol. The van der Waals surface area contributed by atoms with Crippen LogP contribution in [0, 0.1) is 0 Å². The molecule has 1 atom stereocenters. The van der Waals surface area contributed by atoms with Crippen LogP contribution in [0.4, 0.5) is 16.3 Å². The molecule has 5 rings (SSSR count). The largest absolute Gasteiger partial charge is 0.446 e. The lowest BCUT2D eigenvalue weighted by atomic mass is 9.94. The third-order valence-electron chi connectivity index (χ3n) is 6.18. The second-order valence-corrected chi connectivity index (χ2v) is 10.1. The SMILES string of the molecule is CN(C)CCCN(C)C(=O)OC1CCc2c(sc3ncnc(Nc4ccc5[nH]ncc5c4)c23)C1. The quantitative estimate of drug-likeness (QED) is 0.410. The summed E-state index contributed by atoms with van der Waals surface area (Å²) in [6.07, 6.45) is 6.32. The summed E-state index contributed by atoms with van der Waals surface area (Å²) < 4.78 is 5.84. The van der Waals surface area contributed by atoms with Crippen LogP contribution in [0.2, 0.25) is 0 Å². The van der Waals surface area contributed by atoms with Crippen molar-refractivity contribution in [1.29, 1.82) is 0 Å². The molecule has 10 heteroatoms.